The third-order valence-corrected chi connectivity index (χ3v) is 4.39. The summed E-state index contributed by atoms with van der Waals surface area (Å²) >= 11 is 0. The Balaban J connectivity index is 1.79. The van der Waals surface area contributed by atoms with Crippen molar-refractivity contribution in [2.45, 2.75) is 0 Å². The van der Waals surface area contributed by atoms with Crippen LogP contribution in [-0.2, 0) is 0 Å². The number of fused-ring (bicyclic) bond motifs is 1. The summed E-state index contributed by atoms with van der Waals surface area (Å²) in [5.41, 5.74) is 4.90. The maximum Gasteiger partial charge on any atom is 0.254 e. The minimum absolute atomic E-state index is 0.158. The SMILES string of the molecule is CNC(=O)c1cccn2cc(-c3cccc(-c4cncc(OC)c4)c3)nc12. The van der Waals surface area contributed by atoms with Crippen LogP contribution in [0.1, 0.15) is 10.4 Å². The molecule has 0 fully saturated rings. The van der Waals surface area contributed by atoms with E-state index >= 15 is 0 Å². The molecule has 0 bridgehead atoms. The first kappa shape index (κ1) is 16.8. The number of aromatic nitrogens is 3. The third kappa shape index (κ3) is 3.13. The van der Waals surface area contributed by atoms with Gasteiger partial charge >= 0.3 is 0 Å². The van der Waals surface area contributed by atoms with E-state index in [1.54, 1.807) is 32.6 Å². The maximum atomic E-state index is 12.1. The molecule has 1 aromatic carbocycles. The Bertz CT molecular complexity index is 1130. The molecule has 0 spiro atoms. The summed E-state index contributed by atoms with van der Waals surface area (Å²) in [5.74, 6) is 0.551. The molecule has 3 heterocycles. The lowest BCUT2D eigenvalue weighted by atomic mass is 10.0. The molecule has 3 aromatic heterocycles. The highest BCUT2D eigenvalue weighted by Crippen LogP contribution is 2.28. The van der Waals surface area contributed by atoms with E-state index in [1.165, 1.54) is 0 Å². The molecule has 27 heavy (non-hydrogen) atoms. The predicted octanol–water partition coefficient (Wildman–Crippen LogP) is 3.43. The Labute approximate surface area is 156 Å². The summed E-state index contributed by atoms with van der Waals surface area (Å²) in [6, 6.07) is 13.6. The highest BCUT2D eigenvalue weighted by molar-refractivity contribution is 6.00. The first-order valence-electron chi connectivity index (χ1n) is 8.49. The molecular formula is C21H18N4O2. The van der Waals surface area contributed by atoms with E-state index in [0.717, 1.165) is 22.4 Å². The summed E-state index contributed by atoms with van der Waals surface area (Å²) in [4.78, 5) is 21.0. The van der Waals surface area contributed by atoms with E-state index in [9.17, 15) is 4.79 Å². The largest absolute Gasteiger partial charge is 0.495 e. The van der Waals surface area contributed by atoms with Crippen molar-refractivity contribution in [3.63, 3.8) is 0 Å². The summed E-state index contributed by atoms with van der Waals surface area (Å²) in [5, 5.41) is 2.65. The van der Waals surface area contributed by atoms with Crippen LogP contribution in [0, 0.1) is 0 Å². The minimum atomic E-state index is -0.158. The molecule has 1 amide bonds. The van der Waals surface area contributed by atoms with Gasteiger partial charge in [-0.15, -0.1) is 0 Å². The van der Waals surface area contributed by atoms with Gasteiger partial charge < -0.3 is 14.5 Å². The number of amides is 1. The number of nitrogens with zero attached hydrogens (tertiary/aromatic N) is 3. The van der Waals surface area contributed by atoms with Crippen molar-refractivity contribution in [3.8, 4) is 28.1 Å². The van der Waals surface area contributed by atoms with E-state index in [-0.39, 0.29) is 5.91 Å². The monoisotopic (exact) mass is 358 g/mol. The van der Waals surface area contributed by atoms with Gasteiger partial charge in [0.1, 0.15) is 11.4 Å². The second kappa shape index (κ2) is 6.92. The van der Waals surface area contributed by atoms with Crippen LogP contribution >= 0.6 is 0 Å². The Hall–Kier alpha value is -3.67. The first-order valence-corrected chi connectivity index (χ1v) is 8.49. The van der Waals surface area contributed by atoms with Gasteiger partial charge in [-0.2, -0.15) is 0 Å². The van der Waals surface area contributed by atoms with Gasteiger partial charge in [0.25, 0.3) is 5.91 Å². The van der Waals surface area contributed by atoms with E-state index < -0.39 is 0 Å². The Morgan fingerprint density at radius 3 is 2.74 bits per heavy atom. The smallest absolute Gasteiger partial charge is 0.254 e. The molecule has 0 atom stereocenters. The van der Waals surface area contributed by atoms with Gasteiger partial charge in [0, 0.05) is 36.8 Å². The Morgan fingerprint density at radius 2 is 1.93 bits per heavy atom. The van der Waals surface area contributed by atoms with Crippen LogP contribution in [0.3, 0.4) is 0 Å². The number of benzene rings is 1. The van der Waals surface area contributed by atoms with Crippen LogP contribution in [0.2, 0.25) is 0 Å². The van der Waals surface area contributed by atoms with Gasteiger partial charge in [-0.3, -0.25) is 9.78 Å². The fourth-order valence-corrected chi connectivity index (χ4v) is 3.01. The topological polar surface area (TPSA) is 68.5 Å². The molecule has 0 radical (unpaired) electrons. The average molecular weight is 358 g/mol. The van der Waals surface area contributed by atoms with Crippen molar-refractivity contribution in [2.24, 2.45) is 0 Å². The third-order valence-electron chi connectivity index (χ3n) is 4.39. The van der Waals surface area contributed by atoms with Crippen molar-refractivity contribution < 1.29 is 9.53 Å². The molecular weight excluding hydrogens is 340 g/mol. The van der Waals surface area contributed by atoms with Gasteiger partial charge in [-0.1, -0.05) is 18.2 Å². The van der Waals surface area contributed by atoms with Crippen LogP contribution in [0.5, 0.6) is 5.75 Å². The van der Waals surface area contributed by atoms with Crippen LogP contribution in [-0.4, -0.2) is 34.4 Å². The minimum Gasteiger partial charge on any atom is -0.495 e. The molecule has 4 aromatic rings. The van der Waals surface area contributed by atoms with E-state index in [1.807, 2.05) is 47.1 Å². The van der Waals surface area contributed by atoms with Gasteiger partial charge in [0.2, 0.25) is 0 Å². The molecule has 134 valence electrons. The van der Waals surface area contributed by atoms with Crippen molar-refractivity contribution in [1.82, 2.24) is 19.7 Å². The molecule has 6 nitrogen and oxygen atoms in total. The number of imidazole rings is 1. The number of rotatable bonds is 4. The zero-order valence-electron chi connectivity index (χ0n) is 15.0. The van der Waals surface area contributed by atoms with Crippen LogP contribution < -0.4 is 10.1 Å². The lowest BCUT2D eigenvalue weighted by Crippen LogP contribution is -2.18. The summed E-state index contributed by atoms with van der Waals surface area (Å²) < 4.78 is 7.12. The van der Waals surface area contributed by atoms with E-state index in [0.29, 0.717) is 17.0 Å². The number of nitrogens with one attached hydrogen (secondary N) is 1. The number of methoxy groups -OCH3 is 1. The molecule has 1 N–H and O–H groups in total. The molecule has 0 unspecified atom stereocenters. The summed E-state index contributed by atoms with van der Waals surface area (Å²) in [6.07, 6.45) is 7.28. The summed E-state index contributed by atoms with van der Waals surface area (Å²) in [7, 11) is 3.24. The Kier molecular flexibility index (Phi) is 4.30. The van der Waals surface area contributed by atoms with Gasteiger partial charge in [-0.25, -0.2) is 4.98 Å². The molecule has 0 aliphatic heterocycles. The molecule has 0 aliphatic rings. The number of hydrogen-bond acceptors (Lipinski definition) is 4. The molecule has 0 saturated heterocycles. The normalized spacial score (nSPS) is 10.7. The van der Waals surface area contributed by atoms with Crippen molar-refractivity contribution in [3.05, 3.63) is 72.8 Å². The van der Waals surface area contributed by atoms with E-state index in [2.05, 4.69) is 21.4 Å². The molecule has 0 aliphatic carbocycles. The van der Waals surface area contributed by atoms with Crippen molar-refractivity contribution >= 4 is 11.6 Å². The van der Waals surface area contributed by atoms with Gasteiger partial charge in [0.15, 0.2) is 0 Å². The predicted molar refractivity (Wildman–Crippen MR) is 104 cm³/mol. The average Bonchev–Trinajstić information content (AvgIpc) is 3.18. The standard InChI is InChI=1S/C21H18N4O2/c1-22-21(26)18-7-4-8-25-13-19(24-20(18)25)15-6-3-5-14(9-15)16-10-17(27-2)12-23-11-16/h3-13H,1-2H3,(H,22,26). The zero-order valence-corrected chi connectivity index (χ0v) is 15.0. The number of ether oxygens (including phenoxy) is 1. The number of pyridine rings is 2. The highest BCUT2D eigenvalue weighted by Gasteiger charge is 2.13. The quantitative estimate of drug-likeness (QED) is 0.607. The maximum absolute atomic E-state index is 12.1. The number of carbonyl (C=O) groups excluding carboxylic acids is 1. The fraction of sp³-hybridized carbons (Fsp3) is 0.0952. The molecule has 0 saturated carbocycles. The first-order chi connectivity index (χ1) is 13.2. The van der Waals surface area contributed by atoms with Crippen LogP contribution in [0.25, 0.3) is 28.0 Å². The molecule has 6 heteroatoms. The Morgan fingerprint density at radius 1 is 1.07 bits per heavy atom. The highest BCUT2D eigenvalue weighted by atomic mass is 16.5. The van der Waals surface area contributed by atoms with Crippen molar-refractivity contribution in [2.75, 3.05) is 14.2 Å². The molecule has 4 rings (SSSR count). The lowest BCUT2D eigenvalue weighted by molar-refractivity contribution is 0.0964. The second-order valence-electron chi connectivity index (χ2n) is 6.05. The number of carbonyl (C=O) groups is 1. The van der Waals surface area contributed by atoms with Crippen molar-refractivity contribution in [1.29, 1.82) is 0 Å². The van der Waals surface area contributed by atoms with Crippen LogP contribution in [0.15, 0.2) is 67.3 Å². The number of hydrogen-bond donors (Lipinski definition) is 1. The second-order valence-corrected chi connectivity index (χ2v) is 6.05. The zero-order chi connectivity index (χ0) is 18.8. The summed E-state index contributed by atoms with van der Waals surface area (Å²) in [6.45, 7) is 0. The van der Waals surface area contributed by atoms with Crippen LogP contribution in [0.4, 0.5) is 0 Å². The van der Waals surface area contributed by atoms with Gasteiger partial charge in [-0.05, 0) is 29.8 Å². The fourth-order valence-electron chi connectivity index (χ4n) is 3.01. The van der Waals surface area contributed by atoms with Gasteiger partial charge in [0.05, 0.1) is 24.6 Å². The van der Waals surface area contributed by atoms with E-state index in [4.69, 9.17) is 4.74 Å². The lowest BCUT2D eigenvalue weighted by Gasteiger charge is -2.05.